The third kappa shape index (κ3) is 3.35. The molecule has 0 bridgehead atoms. The normalized spacial score (nSPS) is 10.8. The van der Waals surface area contributed by atoms with Crippen molar-refractivity contribution in [1.82, 2.24) is 4.98 Å². The molecule has 0 fully saturated rings. The lowest BCUT2D eigenvalue weighted by atomic mass is 9.97. The van der Waals surface area contributed by atoms with Crippen molar-refractivity contribution in [1.29, 1.82) is 0 Å². The van der Waals surface area contributed by atoms with Gasteiger partial charge in [0.2, 0.25) is 5.91 Å². The van der Waals surface area contributed by atoms with Crippen LogP contribution in [-0.4, -0.2) is 15.8 Å². The SMILES string of the molecule is CC(=O)Nc1cccc(-c2nc3ccccc3s2)c1-c1ccc([N+](=O)[O-])cc1. The summed E-state index contributed by atoms with van der Waals surface area (Å²) in [7, 11) is 0. The molecular weight excluding hydrogens is 374 g/mol. The molecule has 6 nitrogen and oxygen atoms in total. The topological polar surface area (TPSA) is 85.1 Å². The number of nitrogens with zero attached hydrogens (tertiary/aromatic N) is 2. The fourth-order valence-electron chi connectivity index (χ4n) is 3.07. The molecule has 0 aliphatic heterocycles. The molecule has 1 N–H and O–H groups in total. The summed E-state index contributed by atoms with van der Waals surface area (Å²) in [5.74, 6) is -0.190. The van der Waals surface area contributed by atoms with Gasteiger partial charge >= 0.3 is 0 Å². The van der Waals surface area contributed by atoms with Crippen LogP contribution in [0.2, 0.25) is 0 Å². The minimum Gasteiger partial charge on any atom is -0.326 e. The summed E-state index contributed by atoms with van der Waals surface area (Å²) in [6.45, 7) is 1.45. The minimum absolute atomic E-state index is 0.0160. The standard InChI is InChI=1S/C21H15N3O3S/c1-13(25)22-18-7-4-5-16(21-23-17-6-2-3-8-19(17)28-21)20(18)14-9-11-15(12-10-14)24(26)27/h2-12H,1H3,(H,22,25). The minimum atomic E-state index is -0.433. The highest BCUT2D eigenvalue weighted by Gasteiger charge is 2.17. The van der Waals surface area contributed by atoms with E-state index in [-0.39, 0.29) is 11.6 Å². The highest BCUT2D eigenvalue weighted by molar-refractivity contribution is 7.21. The molecule has 0 unspecified atom stereocenters. The second-order valence-electron chi connectivity index (χ2n) is 6.20. The number of thiazole rings is 1. The third-order valence-electron chi connectivity index (χ3n) is 4.27. The van der Waals surface area contributed by atoms with Crippen molar-refractivity contribution in [2.24, 2.45) is 0 Å². The van der Waals surface area contributed by atoms with Gasteiger partial charge in [0.1, 0.15) is 5.01 Å². The number of carbonyl (C=O) groups excluding carboxylic acids is 1. The largest absolute Gasteiger partial charge is 0.326 e. The van der Waals surface area contributed by atoms with E-state index in [0.717, 1.165) is 31.9 Å². The summed E-state index contributed by atoms with van der Waals surface area (Å²) < 4.78 is 1.07. The molecule has 138 valence electrons. The van der Waals surface area contributed by atoms with Crippen molar-refractivity contribution in [3.8, 4) is 21.7 Å². The van der Waals surface area contributed by atoms with E-state index in [9.17, 15) is 14.9 Å². The van der Waals surface area contributed by atoms with Gasteiger partial charge in [0.25, 0.3) is 5.69 Å². The van der Waals surface area contributed by atoms with Crippen LogP contribution in [0.25, 0.3) is 31.9 Å². The maximum absolute atomic E-state index is 11.7. The molecular formula is C21H15N3O3S. The molecule has 0 spiro atoms. The molecule has 7 heteroatoms. The molecule has 4 aromatic rings. The molecule has 28 heavy (non-hydrogen) atoms. The Morgan fingerprint density at radius 1 is 1.04 bits per heavy atom. The van der Waals surface area contributed by atoms with Gasteiger partial charge in [-0.25, -0.2) is 4.98 Å². The zero-order valence-electron chi connectivity index (χ0n) is 14.9. The van der Waals surface area contributed by atoms with Gasteiger partial charge in [-0.05, 0) is 35.9 Å². The predicted molar refractivity (Wildman–Crippen MR) is 111 cm³/mol. The number of carbonyl (C=O) groups is 1. The van der Waals surface area contributed by atoms with Crippen LogP contribution in [0.1, 0.15) is 6.92 Å². The quantitative estimate of drug-likeness (QED) is 0.369. The smallest absolute Gasteiger partial charge is 0.269 e. The average molecular weight is 389 g/mol. The van der Waals surface area contributed by atoms with E-state index in [0.29, 0.717) is 5.69 Å². The van der Waals surface area contributed by atoms with E-state index in [1.807, 2.05) is 42.5 Å². The zero-order valence-corrected chi connectivity index (χ0v) is 15.7. The average Bonchev–Trinajstić information content (AvgIpc) is 3.11. The van der Waals surface area contributed by atoms with Gasteiger partial charge in [-0.3, -0.25) is 14.9 Å². The lowest BCUT2D eigenvalue weighted by Gasteiger charge is -2.14. The number of nitro benzene ring substituents is 1. The second-order valence-corrected chi connectivity index (χ2v) is 7.23. The van der Waals surface area contributed by atoms with Gasteiger partial charge in [0.05, 0.1) is 15.1 Å². The van der Waals surface area contributed by atoms with Gasteiger partial charge in [-0.15, -0.1) is 11.3 Å². The molecule has 0 saturated carbocycles. The summed E-state index contributed by atoms with van der Waals surface area (Å²) >= 11 is 1.56. The van der Waals surface area contributed by atoms with E-state index >= 15 is 0 Å². The zero-order chi connectivity index (χ0) is 19.7. The molecule has 1 aromatic heterocycles. The van der Waals surface area contributed by atoms with E-state index < -0.39 is 4.92 Å². The van der Waals surface area contributed by atoms with E-state index in [4.69, 9.17) is 4.98 Å². The van der Waals surface area contributed by atoms with E-state index in [1.165, 1.54) is 19.1 Å². The molecule has 1 amide bonds. The monoisotopic (exact) mass is 389 g/mol. The molecule has 1 heterocycles. The Labute approximate surface area is 164 Å². The predicted octanol–water partition coefficient (Wildman–Crippen LogP) is 5.50. The lowest BCUT2D eigenvalue weighted by molar-refractivity contribution is -0.384. The maximum atomic E-state index is 11.7. The van der Waals surface area contributed by atoms with E-state index in [2.05, 4.69) is 5.32 Å². The highest BCUT2D eigenvalue weighted by atomic mass is 32.1. The number of anilines is 1. The fourth-order valence-corrected chi connectivity index (χ4v) is 4.07. The first kappa shape index (κ1) is 17.8. The van der Waals surface area contributed by atoms with Crippen LogP contribution < -0.4 is 5.32 Å². The van der Waals surface area contributed by atoms with Crippen molar-refractivity contribution in [2.75, 3.05) is 5.32 Å². The van der Waals surface area contributed by atoms with Crippen LogP contribution in [0.4, 0.5) is 11.4 Å². The first-order chi connectivity index (χ1) is 13.5. The van der Waals surface area contributed by atoms with Crippen LogP contribution in [0.15, 0.2) is 66.7 Å². The third-order valence-corrected chi connectivity index (χ3v) is 5.34. The van der Waals surface area contributed by atoms with Gasteiger partial charge in [-0.2, -0.15) is 0 Å². The van der Waals surface area contributed by atoms with Gasteiger partial charge in [0.15, 0.2) is 0 Å². The van der Waals surface area contributed by atoms with E-state index in [1.54, 1.807) is 23.5 Å². The Morgan fingerprint density at radius 2 is 1.79 bits per heavy atom. The van der Waals surface area contributed by atoms with Crippen molar-refractivity contribution in [3.05, 3.63) is 76.8 Å². The van der Waals surface area contributed by atoms with Crippen LogP contribution >= 0.6 is 11.3 Å². The van der Waals surface area contributed by atoms with Crippen molar-refractivity contribution < 1.29 is 9.72 Å². The number of aromatic nitrogens is 1. The molecule has 3 aromatic carbocycles. The number of para-hydroxylation sites is 1. The van der Waals surface area contributed by atoms with Crippen LogP contribution in [0.3, 0.4) is 0 Å². The highest BCUT2D eigenvalue weighted by Crippen LogP contribution is 2.41. The summed E-state index contributed by atoms with van der Waals surface area (Å²) in [5, 5.41) is 14.7. The van der Waals surface area contributed by atoms with Crippen molar-refractivity contribution in [3.63, 3.8) is 0 Å². The van der Waals surface area contributed by atoms with Crippen molar-refractivity contribution in [2.45, 2.75) is 6.92 Å². The first-order valence-electron chi connectivity index (χ1n) is 8.54. The van der Waals surface area contributed by atoms with Gasteiger partial charge in [0, 0.05) is 35.9 Å². The van der Waals surface area contributed by atoms with Gasteiger partial charge in [-0.1, -0.05) is 24.3 Å². The number of nitrogens with one attached hydrogen (secondary N) is 1. The maximum Gasteiger partial charge on any atom is 0.269 e. The second kappa shape index (κ2) is 7.21. The first-order valence-corrected chi connectivity index (χ1v) is 9.36. The molecule has 0 saturated heterocycles. The fraction of sp³-hybridized carbons (Fsp3) is 0.0476. The Kier molecular flexibility index (Phi) is 4.58. The van der Waals surface area contributed by atoms with Crippen LogP contribution in [-0.2, 0) is 4.79 Å². The summed E-state index contributed by atoms with van der Waals surface area (Å²) in [6, 6.07) is 19.8. The number of amides is 1. The lowest BCUT2D eigenvalue weighted by Crippen LogP contribution is -2.07. The number of rotatable bonds is 4. The summed E-state index contributed by atoms with van der Waals surface area (Å²) in [5.41, 5.74) is 3.97. The molecule has 4 rings (SSSR count). The molecule has 0 aliphatic carbocycles. The Bertz CT molecular complexity index is 1170. The Morgan fingerprint density at radius 3 is 2.46 bits per heavy atom. The molecule has 0 aliphatic rings. The van der Waals surface area contributed by atoms with Crippen molar-refractivity contribution >= 4 is 38.8 Å². The Balaban J connectivity index is 1.93. The number of benzene rings is 3. The van der Waals surface area contributed by atoms with Gasteiger partial charge < -0.3 is 5.32 Å². The number of hydrogen-bond acceptors (Lipinski definition) is 5. The van der Waals surface area contributed by atoms with Crippen LogP contribution in [0.5, 0.6) is 0 Å². The number of fused-ring (bicyclic) bond motifs is 1. The number of nitro groups is 1. The number of non-ortho nitro benzene ring substituents is 1. The molecule has 0 atom stereocenters. The number of hydrogen-bond donors (Lipinski definition) is 1. The summed E-state index contributed by atoms with van der Waals surface area (Å²) in [6.07, 6.45) is 0. The molecule has 0 radical (unpaired) electrons. The summed E-state index contributed by atoms with van der Waals surface area (Å²) in [4.78, 5) is 27.0. The van der Waals surface area contributed by atoms with Crippen LogP contribution in [0, 0.1) is 10.1 Å². The Hall–Kier alpha value is -3.58.